The van der Waals surface area contributed by atoms with Crippen LogP contribution in [-0.4, -0.2) is 13.7 Å². The van der Waals surface area contributed by atoms with E-state index < -0.39 is 0 Å². The summed E-state index contributed by atoms with van der Waals surface area (Å²) < 4.78 is 5.44. The van der Waals surface area contributed by atoms with Crippen molar-refractivity contribution in [1.29, 1.82) is 0 Å². The predicted octanol–water partition coefficient (Wildman–Crippen LogP) is 3.94. The van der Waals surface area contributed by atoms with Crippen LogP contribution in [-0.2, 0) is 0 Å². The van der Waals surface area contributed by atoms with Gasteiger partial charge in [-0.1, -0.05) is 12.1 Å². The lowest BCUT2D eigenvalue weighted by atomic mass is 9.84. The van der Waals surface area contributed by atoms with Gasteiger partial charge in [-0.2, -0.15) is 0 Å². The molecule has 2 aromatic rings. The van der Waals surface area contributed by atoms with Gasteiger partial charge in [-0.25, -0.2) is 0 Å². The average Bonchev–Trinajstić information content (AvgIpc) is 3.11. The van der Waals surface area contributed by atoms with Crippen molar-refractivity contribution in [2.24, 2.45) is 5.92 Å². The van der Waals surface area contributed by atoms with Crippen LogP contribution < -0.4 is 10.1 Å². The Morgan fingerprint density at radius 2 is 2.20 bits per heavy atom. The van der Waals surface area contributed by atoms with E-state index in [4.69, 9.17) is 4.74 Å². The first-order valence-electron chi connectivity index (χ1n) is 7.33. The van der Waals surface area contributed by atoms with E-state index in [1.54, 1.807) is 7.11 Å². The Hall–Kier alpha value is -1.32. The summed E-state index contributed by atoms with van der Waals surface area (Å²) in [5, 5.41) is 5.92. The van der Waals surface area contributed by atoms with Crippen LogP contribution in [0.3, 0.4) is 0 Å². The van der Waals surface area contributed by atoms with Gasteiger partial charge in [0.1, 0.15) is 5.75 Å². The van der Waals surface area contributed by atoms with E-state index >= 15 is 0 Å². The molecule has 2 nitrogen and oxygen atoms in total. The third-order valence-corrected chi connectivity index (χ3v) is 5.70. The Morgan fingerprint density at radius 3 is 3.00 bits per heavy atom. The van der Waals surface area contributed by atoms with Crippen LogP contribution in [0.15, 0.2) is 35.7 Å². The lowest BCUT2D eigenvalue weighted by Crippen LogP contribution is -2.32. The Morgan fingerprint density at radius 1 is 1.25 bits per heavy atom. The number of thiophene rings is 1. The molecule has 3 heteroatoms. The number of methoxy groups -OCH3 is 1. The van der Waals surface area contributed by atoms with E-state index in [2.05, 4.69) is 41.0 Å². The van der Waals surface area contributed by atoms with Crippen molar-refractivity contribution < 1.29 is 4.74 Å². The molecule has 1 fully saturated rings. The summed E-state index contributed by atoms with van der Waals surface area (Å²) in [6.07, 6.45) is 2.60. The molecule has 0 amide bonds. The van der Waals surface area contributed by atoms with E-state index in [1.165, 1.54) is 28.8 Å². The molecule has 1 N–H and O–H groups in total. The van der Waals surface area contributed by atoms with Crippen molar-refractivity contribution in [3.8, 4) is 5.75 Å². The minimum Gasteiger partial charge on any atom is -0.497 e. The molecule has 1 aliphatic carbocycles. The number of rotatable bonds is 2. The van der Waals surface area contributed by atoms with Gasteiger partial charge in [0.05, 0.1) is 7.11 Å². The van der Waals surface area contributed by atoms with Gasteiger partial charge in [-0.05, 0) is 60.0 Å². The number of piperidine rings is 1. The van der Waals surface area contributed by atoms with Crippen LogP contribution in [0.1, 0.15) is 40.8 Å². The van der Waals surface area contributed by atoms with Gasteiger partial charge in [0.15, 0.2) is 0 Å². The molecule has 1 aromatic heterocycles. The molecule has 1 aliphatic heterocycles. The second-order valence-corrected chi connectivity index (χ2v) is 6.71. The normalized spacial score (nSPS) is 27.9. The lowest BCUT2D eigenvalue weighted by molar-refractivity contribution is 0.288. The molecule has 2 heterocycles. The highest BCUT2D eigenvalue weighted by Crippen LogP contribution is 2.53. The maximum Gasteiger partial charge on any atom is 0.119 e. The molecule has 3 atom stereocenters. The Labute approximate surface area is 123 Å². The first-order chi connectivity index (χ1) is 9.88. The topological polar surface area (TPSA) is 21.3 Å². The van der Waals surface area contributed by atoms with E-state index in [0.717, 1.165) is 12.3 Å². The predicted molar refractivity (Wildman–Crippen MR) is 82.6 cm³/mol. The first-order valence-corrected chi connectivity index (χ1v) is 8.21. The van der Waals surface area contributed by atoms with Gasteiger partial charge >= 0.3 is 0 Å². The molecule has 104 valence electrons. The van der Waals surface area contributed by atoms with Crippen molar-refractivity contribution in [2.75, 3.05) is 13.7 Å². The molecular formula is C17H19NOS. The molecule has 0 bridgehead atoms. The number of ether oxygens (including phenoxy) is 1. The summed E-state index contributed by atoms with van der Waals surface area (Å²) in [7, 11) is 1.75. The van der Waals surface area contributed by atoms with Crippen molar-refractivity contribution in [2.45, 2.75) is 24.8 Å². The van der Waals surface area contributed by atoms with Crippen LogP contribution in [0, 0.1) is 5.92 Å². The number of benzene rings is 1. The number of fused-ring (bicyclic) bond motifs is 3. The smallest absolute Gasteiger partial charge is 0.119 e. The van der Waals surface area contributed by atoms with E-state index in [0.29, 0.717) is 17.9 Å². The van der Waals surface area contributed by atoms with Crippen LogP contribution in [0.2, 0.25) is 0 Å². The molecule has 20 heavy (non-hydrogen) atoms. The SMILES string of the molecule is COc1ccc2c(c1)C(c1cccs1)C1CCCNC21. The molecule has 3 unspecified atom stereocenters. The van der Waals surface area contributed by atoms with Gasteiger partial charge in [-0.3, -0.25) is 0 Å². The summed E-state index contributed by atoms with van der Waals surface area (Å²) in [5.41, 5.74) is 2.95. The number of hydrogen-bond donors (Lipinski definition) is 1. The van der Waals surface area contributed by atoms with Gasteiger partial charge in [-0.15, -0.1) is 11.3 Å². The van der Waals surface area contributed by atoms with Crippen molar-refractivity contribution in [3.05, 3.63) is 51.7 Å². The van der Waals surface area contributed by atoms with Gasteiger partial charge in [0.2, 0.25) is 0 Å². The summed E-state index contributed by atoms with van der Waals surface area (Å²) in [4.78, 5) is 1.50. The fourth-order valence-corrected chi connectivity index (χ4v) is 4.83. The molecule has 0 radical (unpaired) electrons. The largest absolute Gasteiger partial charge is 0.497 e. The molecular weight excluding hydrogens is 266 g/mol. The minimum atomic E-state index is 0.525. The fraction of sp³-hybridized carbons (Fsp3) is 0.412. The average molecular weight is 285 g/mol. The molecule has 0 spiro atoms. The van der Waals surface area contributed by atoms with Gasteiger partial charge in [0.25, 0.3) is 0 Å². The molecule has 0 saturated carbocycles. The number of nitrogens with one attached hydrogen (secondary N) is 1. The lowest BCUT2D eigenvalue weighted by Gasteiger charge is -2.30. The van der Waals surface area contributed by atoms with E-state index in [9.17, 15) is 0 Å². The molecule has 4 rings (SSSR count). The van der Waals surface area contributed by atoms with E-state index in [-0.39, 0.29) is 0 Å². The Bertz CT molecular complexity index is 607. The highest BCUT2D eigenvalue weighted by molar-refractivity contribution is 7.10. The van der Waals surface area contributed by atoms with Crippen LogP contribution in [0.4, 0.5) is 0 Å². The maximum absolute atomic E-state index is 5.44. The zero-order valence-corrected chi connectivity index (χ0v) is 12.5. The van der Waals surface area contributed by atoms with E-state index in [1.807, 2.05) is 11.3 Å². The summed E-state index contributed by atoms with van der Waals surface area (Å²) in [6, 6.07) is 11.6. The Kier molecular flexibility index (Phi) is 3.04. The van der Waals surface area contributed by atoms with Crippen LogP contribution >= 0.6 is 11.3 Å². The Balaban J connectivity index is 1.85. The number of hydrogen-bond acceptors (Lipinski definition) is 3. The zero-order valence-electron chi connectivity index (χ0n) is 11.6. The highest BCUT2D eigenvalue weighted by atomic mass is 32.1. The highest BCUT2D eigenvalue weighted by Gasteiger charge is 2.42. The standard InChI is InChI=1S/C17H19NOS/c1-19-11-6-7-12-14(10-11)16(15-5-3-9-20-15)13-4-2-8-18-17(12)13/h3,5-7,9-10,13,16-18H,2,4,8H2,1H3. The van der Waals surface area contributed by atoms with Crippen molar-refractivity contribution >= 4 is 11.3 Å². The second kappa shape index (κ2) is 4.90. The van der Waals surface area contributed by atoms with Crippen LogP contribution in [0.5, 0.6) is 5.75 Å². The maximum atomic E-state index is 5.44. The van der Waals surface area contributed by atoms with Crippen LogP contribution in [0.25, 0.3) is 0 Å². The molecule has 1 aromatic carbocycles. The minimum absolute atomic E-state index is 0.525. The van der Waals surface area contributed by atoms with Gasteiger partial charge in [0, 0.05) is 16.8 Å². The third kappa shape index (κ3) is 1.80. The fourth-order valence-electron chi connectivity index (χ4n) is 3.91. The second-order valence-electron chi connectivity index (χ2n) is 5.73. The summed E-state index contributed by atoms with van der Waals surface area (Å²) >= 11 is 1.88. The monoisotopic (exact) mass is 285 g/mol. The summed E-state index contributed by atoms with van der Waals surface area (Å²) in [6.45, 7) is 1.14. The van der Waals surface area contributed by atoms with Crippen molar-refractivity contribution in [1.82, 2.24) is 5.32 Å². The summed E-state index contributed by atoms with van der Waals surface area (Å²) in [5.74, 6) is 2.21. The zero-order chi connectivity index (χ0) is 13.5. The molecule has 2 aliphatic rings. The van der Waals surface area contributed by atoms with Crippen molar-refractivity contribution in [3.63, 3.8) is 0 Å². The van der Waals surface area contributed by atoms with Gasteiger partial charge < -0.3 is 10.1 Å². The first kappa shape index (κ1) is 12.4. The third-order valence-electron chi connectivity index (χ3n) is 4.75. The molecule has 1 saturated heterocycles. The quantitative estimate of drug-likeness (QED) is 0.902.